The van der Waals surface area contributed by atoms with Gasteiger partial charge in [0, 0.05) is 18.7 Å². The molecule has 2 aromatic rings. The summed E-state index contributed by atoms with van der Waals surface area (Å²) in [6.07, 6.45) is 0. The van der Waals surface area contributed by atoms with E-state index >= 15 is 0 Å². The second kappa shape index (κ2) is 6.50. The summed E-state index contributed by atoms with van der Waals surface area (Å²) in [5.41, 5.74) is 1.74. The van der Waals surface area contributed by atoms with Crippen molar-refractivity contribution in [1.29, 1.82) is 0 Å². The Labute approximate surface area is 126 Å². The van der Waals surface area contributed by atoms with Crippen molar-refractivity contribution in [2.24, 2.45) is 10.2 Å². The molecule has 0 saturated carbocycles. The predicted octanol–water partition coefficient (Wildman–Crippen LogP) is 5.26. The number of hydrogen-bond acceptors (Lipinski definition) is 3. The van der Waals surface area contributed by atoms with Crippen LogP contribution >= 0.6 is 23.4 Å². The Bertz CT molecular complexity index is 644. The Morgan fingerprint density at radius 2 is 1.70 bits per heavy atom. The standard InChI is InChI=1S/C14H11Cl2N3O/c1-10(20)19(16)14-8-7-12(9-13(14)15)18-17-11-5-3-2-4-6-11/h2-9H,1H3. The lowest BCUT2D eigenvalue weighted by molar-refractivity contribution is -0.115. The number of nitrogens with zero attached hydrogens (tertiary/aromatic N) is 3. The molecule has 0 aliphatic carbocycles. The van der Waals surface area contributed by atoms with E-state index in [2.05, 4.69) is 10.2 Å². The summed E-state index contributed by atoms with van der Waals surface area (Å²) in [4.78, 5) is 11.2. The molecule has 0 fully saturated rings. The fraction of sp³-hybridized carbons (Fsp3) is 0.0714. The van der Waals surface area contributed by atoms with Crippen molar-refractivity contribution in [3.05, 3.63) is 53.6 Å². The normalized spacial score (nSPS) is 10.8. The summed E-state index contributed by atoms with van der Waals surface area (Å²) in [6.45, 7) is 1.35. The average Bonchev–Trinajstić information content (AvgIpc) is 2.45. The number of amides is 1. The second-order valence-electron chi connectivity index (χ2n) is 3.97. The van der Waals surface area contributed by atoms with Gasteiger partial charge in [-0.2, -0.15) is 10.2 Å². The van der Waals surface area contributed by atoms with Crippen LogP contribution in [0.3, 0.4) is 0 Å². The molecule has 0 saturated heterocycles. The molecule has 0 aliphatic heterocycles. The molecule has 0 aromatic heterocycles. The van der Waals surface area contributed by atoms with Crippen molar-refractivity contribution < 1.29 is 4.79 Å². The quantitative estimate of drug-likeness (QED) is 0.563. The zero-order chi connectivity index (χ0) is 14.5. The van der Waals surface area contributed by atoms with E-state index in [9.17, 15) is 4.79 Å². The lowest BCUT2D eigenvalue weighted by Crippen LogP contribution is -2.16. The highest BCUT2D eigenvalue weighted by atomic mass is 35.5. The van der Waals surface area contributed by atoms with E-state index in [4.69, 9.17) is 23.4 Å². The maximum atomic E-state index is 11.2. The molecule has 0 unspecified atom stereocenters. The van der Waals surface area contributed by atoms with Crippen LogP contribution in [-0.2, 0) is 4.79 Å². The lowest BCUT2D eigenvalue weighted by atomic mass is 10.3. The number of benzene rings is 2. The topological polar surface area (TPSA) is 45.0 Å². The molecule has 102 valence electrons. The number of rotatable bonds is 3. The van der Waals surface area contributed by atoms with Crippen LogP contribution < -0.4 is 4.42 Å². The molecule has 0 N–H and O–H groups in total. The molecule has 2 aromatic carbocycles. The molecule has 0 aliphatic rings. The summed E-state index contributed by atoms with van der Waals surface area (Å²) in [6, 6.07) is 14.3. The van der Waals surface area contributed by atoms with Gasteiger partial charge in [0.1, 0.15) is 0 Å². The number of carbonyl (C=O) groups excluding carboxylic acids is 1. The Kier molecular flexibility index (Phi) is 4.71. The first-order valence-electron chi connectivity index (χ1n) is 5.81. The molecule has 1 amide bonds. The highest BCUT2D eigenvalue weighted by Gasteiger charge is 2.12. The molecule has 6 heteroatoms. The number of hydrogen-bond donors (Lipinski definition) is 0. The predicted molar refractivity (Wildman–Crippen MR) is 81.1 cm³/mol. The smallest absolute Gasteiger partial charge is 0.238 e. The Balaban J connectivity index is 2.21. The van der Waals surface area contributed by atoms with Crippen molar-refractivity contribution in [3.8, 4) is 0 Å². The van der Waals surface area contributed by atoms with Gasteiger partial charge < -0.3 is 0 Å². The van der Waals surface area contributed by atoms with E-state index < -0.39 is 0 Å². The van der Waals surface area contributed by atoms with Gasteiger partial charge >= 0.3 is 0 Å². The van der Waals surface area contributed by atoms with Gasteiger partial charge in [0.15, 0.2) is 0 Å². The van der Waals surface area contributed by atoms with Gasteiger partial charge in [-0.05, 0) is 30.3 Å². The van der Waals surface area contributed by atoms with E-state index in [1.165, 1.54) is 6.92 Å². The van der Waals surface area contributed by atoms with Gasteiger partial charge in [0.2, 0.25) is 5.91 Å². The van der Waals surface area contributed by atoms with Crippen LogP contribution in [0.2, 0.25) is 5.02 Å². The molecular weight excluding hydrogens is 297 g/mol. The second-order valence-corrected chi connectivity index (χ2v) is 4.72. The SMILES string of the molecule is CC(=O)N(Cl)c1ccc(N=Nc2ccccc2)cc1Cl. The molecule has 0 bridgehead atoms. The zero-order valence-electron chi connectivity index (χ0n) is 10.6. The molecule has 2 rings (SSSR count). The van der Waals surface area contributed by atoms with Gasteiger partial charge in [-0.3, -0.25) is 4.79 Å². The van der Waals surface area contributed by atoms with Gasteiger partial charge in [-0.1, -0.05) is 29.8 Å². The molecule has 20 heavy (non-hydrogen) atoms. The van der Waals surface area contributed by atoms with Crippen molar-refractivity contribution in [1.82, 2.24) is 0 Å². The Morgan fingerprint density at radius 1 is 1.05 bits per heavy atom. The van der Waals surface area contributed by atoms with Crippen LogP contribution in [0.4, 0.5) is 17.1 Å². The van der Waals surface area contributed by atoms with Gasteiger partial charge in [-0.15, -0.1) is 0 Å². The summed E-state index contributed by atoms with van der Waals surface area (Å²) in [5.74, 6) is -0.313. The monoisotopic (exact) mass is 307 g/mol. The van der Waals surface area contributed by atoms with Crippen LogP contribution in [-0.4, -0.2) is 5.91 Å². The van der Waals surface area contributed by atoms with Crippen molar-refractivity contribution in [2.45, 2.75) is 6.92 Å². The first-order valence-corrected chi connectivity index (χ1v) is 6.52. The van der Waals surface area contributed by atoms with Gasteiger partial charge in [0.25, 0.3) is 0 Å². The first kappa shape index (κ1) is 14.5. The summed E-state index contributed by atoms with van der Waals surface area (Å²) in [7, 11) is 0. The number of halogens is 2. The van der Waals surface area contributed by atoms with Crippen LogP contribution in [0.25, 0.3) is 0 Å². The average molecular weight is 308 g/mol. The molecule has 0 heterocycles. The maximum absolute atomic E-state index is 11.2. The fourth-order valence-corrected chi connectivity index (χ4v) is 1.95. The van der Waals surface area contributed by atoms with Crippen LogP contribution in [0, 0.1) is 0 Å². The number of azo groups is 1. The van der Waals surface area contributed by atoms with Crippen LogP contribution in [0.1, 0.15) is 6.92 Å². The first-order chi connectivity index (χ1) is 9.58. The van der Waals surface area contributed by atoms with Crippen LogP contribution in [0.15, 0.2) is 58.8 Å². The molecule has 4 nitrogen and oxygen atoms in total. The molecule has 0 atom stereocenters. The summed E-state index contributed by atoms with van der Waals surface area (Å²) < 4.78 is 0.959. The molecule has 0 spiro atoms. The minimum absolute atomic E-state index is 0.313. The highest BCUT2D eigenvalue weighted by molar-refractivity contribution is 6.41. The zero-order valence-corrected chi connectivity index (χ0v) is 12.1. The highest BCUT2D eigenvalue weighted by Crippen LogP contribution is 2.31. The van der Waals surface area contributed by atoms with Crippen molar-refractivity contribution in [3.63, 3.8) is 0 Å². The third kappa shape index (κ3) is 3.56. The largest absolute Gasteiger partial charge is 0.274 e. The summed E-state index contributed by atoms with van der Waals surface area (Å²) >= 11 is 11.9. The molecular formula is C14H11Cl2N3O. The third-order valence-corrected chi connectivity index (χ3v) is 3.18. The minimum atomic E-state index is -0.313. The van der Waals surface area contributed by atoms with Gasteiger partial charge in [-0.25, -0.2) is 4.42 Å². The summed E-state index contributed by atoms with van der Waals surface area (Å²) in [5, 5.41) is 8.49. The van der Waals surface area contributed by atoms with Crippen molar-refractivity contribution in [2.75, 3.05) is 4.42 Å². The molecule has 0 radical (unpaired) electrons. The number of carbonyl (C=O) groups is 1. The van der Waals surface area contributed by atoms with E-state index in [1.807, 2.05) is 30.3 Å². The Morgan fingerprint density at radius 3 is 2.30 bits per heavy atom. The lowest BCUT2D eigenvalue weighted by Gasteiger charge is -2.12. The fourth-order valence-electron chi connectivity index (χ4n) is 1.50. The minimum Gasteiger partial charge on any atom is -0.274 e. The Hall–Kier alpha value is -1.91. The van der Waals surface area contributed by atoms with E-state index in [0.29, 0.717) is 16.4 Å². The van der Waals surface area contributed by atoms with E-state index in [0.717, 1.165) is 10.1 Å². The van der Waals surface area contributed by atoms with E-state index in [1.54, 1.807) is 18.2 Å². The van der Waals surface area contributed by atoms with Crippen molar-refractivity contribution >= 4 is 46.3 Å². The van der Waals surface area contributed by atoms with Gasteiger partial charge in [0.05, 0.1) is 22.1 Å². The number of anilines is 1. The van der Waals surface area contributed by atoms with E-state index in [-0.39, 0.29) is 5.91 Å². The van der Waals surface area contributed by atoms with Crippen LogP contribution in [0.5, 0.6) is 0 Å². The maximum Gasteiger partial charge on any atom is 0.238 e. The third-order valence-electron chi connectivity index (χ3n) is 2.46.